The standard InChI is InChI=1S/C21H25NOS/c1-4-21(24)22-19-7-5-6-17(16-9-10-16)18(19)13-23-20-11-8-14(2)12-15(20)3/h5-8,11-12,16H,4,9-10,13H2,1-3H3,(H,22,24). The highest BCUT2D eigenvalue weighted by Gasteiger charge is 2.27. The van der Waals surface area contributed by atoms with Crippen LogP contribution in [0.3, 0.4) is 0 Å². The molecule has 1 fully saturated rings. The van der Waals surface area contributed by atoms with Crippen LogP contribution in [-0.4, -0.2) is 4.99 Å². The Morgan fingerprint density at radius 3 is 2.67 bits per heavy atom. The summed E-state index contributed by atoms with van der Waals surface area (Å²) in [5.41, 5.74) is 6.18. The van der Waals surface area contributed by atoms with Crippen molar-refractivity contribution in [2.45, 2.75) is 52.6 Å². The Hall–Kier alpha value is -1.87. The topological polar surface area (TPSA) is 21.3 Å². The van der Waals surface area contributed by atoms with Crippen molar-refractivity contribution in [3.05, 3.63) is 58.7 Å². The number of aryl methyl sites for hydroxylation is 2. The molecule has 24 heavy (non-hydrogen) atoms. The van der Waals surface area contributed by atoms with E-state index in [0.29, 0.717) is 12.5 Å². The minimum absolute atomic E-state index is 0.575. The monoisotopic (exact) mass is 339 g/mol. The van der Waals surface area contributed by atoms with E-state index >= 15 is 0 Å². The summed E-state index contributed by atoms with van der Waals surface area (Å²) in [7, 11) is 0. The van der Waals surface area contributed by atoms with Crippen LogP contribution in [0.15, 0.2) is 36.4 Å². The zero-order valence-corrected chi connectivity index (χ0v) is 15.5. The number of hydrogen-bond donors (Lipinski definition) is 1. The zero-order valence-electron chi connectivity index (χ0n) is 14.7. The molecule has 1 saturated carbocycles. The van der Waals surface area contributed by atoms with Crippen LogP contribution in [0, 0.1) is 13.8 Å². The molecule has 0 radical (unpaired) electrons. The van der Waals surface area contributed by atoms with Gasteiger partial charge in [-0.1, -0.05) is 49.0 Å². The lowest BCUT2D eigenvalue weighted by molar-refractivity contribution is 0.303. The molecule has 126 valence electrons. The predicted octanol–water partition coefficient (Wildman–Crippen LogP) is 5.91. The number of ether oxygens (including phenoxy) is 1. The molecule has 0 saturated heterocycles. The van der Waals surface area contributed by atoms with Gasteiger partial charge in [-0.05, 0) is 62.3 Å². The van der Waals surface area contributed by atoms with Gasteiger partial charge in [-0.2, -0.15) is 0 Å². The summed E-state index contributed by atoms with van der Waals surface area (Å²) >= 11 is 5.38. The van der Waals surface area contributed by atoms with Crippen LogP contribution in [0.4, 0.5) is 5.69 Å². The Morgan fingerprint density at radius 2 is 2.00 bits per heavy atom. The summed E-state index contributed by atoms with van der Waals surface area (Å²) in [5, 5.41) is 3.39. The highest BCUT2D eigenvalue weighted by molar-refractivity contribution is 7.80. The van der Waals surface area contributed by atoms with Crippen molar-refractivity contribution in [3.63, 3.8) is 0 Å². The van der Waals surface area contributed by atoms with Crippen LogP contribution in [0.2, 0.25) is 0 Å². The Morgan fingerprint density at radius 1 is 1.21 bits per heavy atom. The summed E-state index contributed by atoms with van der Waals surface area (Å²) in [6.45, 7) is 6.85. The second-order valence-electron chi connectivity index (χ2n) is 6.61. The summed E-state index contributed by atoms with van der Waals surface area (Å²) in [6.07, 6.45) is 3.40. The van der Waals surface area contributed by atoms with Crippen LogP contribution < -0.4 is 10.1 Å². The van der Waals surface area contributed by atoms with Gasteiger partial charge in [-0.15, -0.1) is 0 Å². The molecule has 0 spiro atoms. The quantitative estimate of drug-likeness (QED) is 0.661. The molecule has 1 aliphatic carbocycles. The molecule has 2 nitrogen and oxygen atoms in total. The van der Waals surface area contributed by atoms with Crippen LogP contribution in [0.1, 0.15) is 54.4 Å². The normalized spacial score (nSPS) is 13.6. The van der Waals surface area contributed by atoms with E-state index in [1.54, 1.807) is 0 Å². The van der Waals surface area contributed by atoms with Gasteiger partial charge in [0.25, 0.3) is 0 Å². The summed E-state index contributed by atoms with van der Waals surface area (Å²) < 4.78 is 6.17. The van der Waals surface area contributed by atoms with Gasteiger partial charge >= 0.3 is 0 Å². The molecular formula is C21H25NOS. The van der Waals surface area contributed by atoms with Crippen molar-refractivity contribution >= 4 is 22.9 Å². The smallest absolute Gasteiger partial charge is 0.122 e. The molecule has 0 aromatic heterocycles. The fourth-order valence-corrected chi connectivity index (χ4v) is 3.12. The van der Waals surface area contributed by atoms with Gasteiger partial charge in [0.1, 0.15) is 12.4 Å². The SMILES string of the molecule is CCC(=S)Nc1cccc(C2CC2)c1COc1ccc(C)cc1C. The van der Waals surface area contributed by atoms with Crippen LogP contribution in [0.25, 0.3) is 0 Å². The Balaban J connectivity index is 1.85. The number of thiocarbonyl (C=S) groups is 1. The van der Waals surface area contributed by atoms with Gasteiger partial charge in [0.15, 0.2) is 0 Å². The van der Waals surface area contributed by atoms with Crippen LogP contribution in [-0.2, 0) is 6.61 Å². The number of anilines is 1. The maximum absolute atomic E-state index is 6.17. The van der Waals surface area contributed by atoms with Crippen molar-refractivity contribution in [1.82, 2.24) is 0 Å². The molecule has 3 heteroatoms. The van der Waals surface area contributed by atoms with Gasteiger partial charge in [0.2, 0.25) is 0 Å². The van der Waals surface area contributed by atoms with Gasteiger partial charge in [0, 0.05) is 11.3 Å². The van der Waals surface area contributed by atoms with E-state index in [4.69, 9.17) is 17.0 Å². The fourth-order valence-electron chi connectivity index (χ4n) is 3.01. The number of nitrogens with one attached hydrogen (secondary N) is 1. The predicted molar refractivity (Wildman–Crippen MR) is 105 cm³/mol. The maximum atomic E-state index is 6.17. The van der Waals surface area contributed by atoms with Gasteiger partial charge in [0.05, 0.1) is 4.99 Å². The van der Waals surface area contributed by atoms with E-state index in [2.05, 4.69) is 62.5 Å². The number of benzene rings is 2. The molecular weight excluding hydrogens is 314 g/mol. The molecule has 0 unspecified atom stereocenters. The minimum atomic E-state index is 0.575. The van der Waals surface area contributed by atoms with E-state index in [1.807, 2.05) is 0 Å². The summed E-state index contributed by atoms with van der Waals surface area (Å²) in [5.74, 6) is 1.63. The molecule has 0 aliphatic heterocycles. The largest absolute Gasteiger partial charge is 0.489 e. The third-order valence-electron chi connectivity index (χ3n) is 4.53. The van der Waals surface area contributed by atoms with E-state index in [0.717, 1.165) is 22.8 Å². The van der Waals surface area contributed by atoms with Crippen molar-refractivity contribution in [2.24, 2.45) is 0 Å². The van der Waals surface area contributed by atoms with Crippen molar-refractivity contribution in [2.75, 3.05) is 5.32 Å². The van der Waals surface area contributed by atoms with Crippen LogP contribution in [0.5, 0.6) is 5.75 Å². The summed E-state index contributed by atoms with van der Waals surface area (Å²) in [4.78, 5) is 0.871. The van der Waals surface area contributed by atoms with Crippen molar-refractivity contribution in [1.29, 1.82) is 0 Å². The Kier molecular flexibility index (Phi) is 5.20. The van der Waals surface area contributed by atoms with Gasteiger partial charge < -0.3 is 10.1 Å². The summed E-state index contributed by atoms with van der Waals surface area (Å²) in [6, 6.07) is 12.8. The molecule has 0 bridgehead atoms. The molecule has 0 amide bonds. The van der Waals surface area contributed by atoms with E-state index < -0.39 is 0 Å². The fraction of sp³-hybridized carbons (Fsp3) is 0.381. The van der Waals surface area contributed by atoms with E-state index in [9.17, 15) is 0 Å². The highest BCUT2D eigenvalue weighted by atomic mass is 32.1. The van der Waals surface area contributed by atoms with E-state index in [1.165, 1.54) is 35.1 Å². The van der Waals surface area contributed by atoms with Crippen LogP contribution >= 0.6 is 12.2 Å². The highest BCUT2D eigenvalue weighted by Crippen LogP contribution is 2.43. The lowest BCUT2D eigenvalue weighted by Gasteiger charge is -2.18. The first-order chi connectivity index (χ1) is 11.6. The first kappa shape index (κ1) is 17.0. The van der Waals surface area contributed by atoms with E-state index in [-0.39, 0.29) is 0 Å². The second kappa shape index (κ2) is 7.35. The molecule has 2 aromatic carbocycles. The lowest BCUT2D eigenvalue weighted by atomic mass is 10.0. The zero-order chi connectivity index (χ0) is 17.1. The van der Waals surface area contributed by atoms with Crippen molar-refractivity contribution in [3.8, 4) is 5.75 Å². The number of rotatable bonds is 6. The third-order valence-corrected chi connectivity index (χ3v) is 4.92. The van der Waals surface area contributed by atoms with Gasteiger partial charge in [-0.3, -0.25) is 0 Å². The minimum Gasteiger partial charge on any atom is -0.489 e. The lowest BCUT2D eigenvalue weighted by Crippen LogP contribution is -2.12. The maximum Gasteiger partial charge on any atom is 0.122 e. The molecule has 1 aliphatic rings. The second-order valence-corrected chi connectivity index (χ2v) is 7.10. The van der Waals surface area contributed by atoms with Crippen molar-refractivity contribution < 1.29 is 4.74 Å². The third kappa shape index (κ3) is 3.96. The molecule has 2 aromatic rings. The average molecular weight is 340 g/mol. The average Bonchev–Trinajstić information content (AvgIpc) is 3.39. The number of hydrogen-bond acceptors (Lipinski definition) is 2. The molecule has 0 heterocycles. The van der Waals surface area contributed by atoms with Gasteiger partial charge in [-0.25, -0.2) is 0 Å². The Labute approximate surface area is 150 Å². The molecule has 3 rings (SSSR count). The molecule has 1 N–H and O–H groups in total. The molecule has 0 atom stereocenters. The Bertz CT molecular complexity index is 749. The first-order valence-corrected chi connectivity index (χ1v) is 9.11. The first-order valence-electron chi connectivity index (χ1n) is 8.70.